The fourth-order valence-corrected chi connectivity index (χ4v) is 3.16. The highest BCUT2D eigenvalue weighted by Gasteiger charge is 2.16. The Morgan fingerprint density at radius 3 is 2.73 bits per heavy atom. The lowest BCUT2D eigenvalue weighted by molar-refractivity contribution is -0.119. The van der Waals surface area contributed by atoms with Gasteiger partial charge in [-0.2, -0.15) is 0 Å². The van der Waals surface area contributed by atoms with Crippen molar-refractivity contribution in [3.05, 3.63) is 60.2 Å². The van der Waals surface area contributed by atoms with E-state index in [-0.39, 0.29) is 23.5 Å². The number of benzene rings is 1. The molecule has 0 aliphatic carbocycles. The van der Waals surface area contributed by atoms with Gasteiger partial charge in [0.1, 0.15) is 5.82 Å². The van der Waals surface area contributed by atoms with E-state index < -0.39 is 0 Å². The molecule has 0 bridgehead atoms. The first-order valence-corrected chi connectivity index (χ1v) is 9.02. The van der Waals surface area contributed by atoms with Crippen LogP contribution in [-0.4, -0.2) is 31.4 Å². The summed E-state index contributed by atoms with van der Waals surface area (Å²) in [5, 5.41) is 11.5. The van der Waals surface area contributed by atoms with Gasteiger partial charge in [-0.1, -0.05) is 30.0 Å². The molecule has 0 spiro atoms. The molecule has 8 heteroatoms. The van der Waals surface area contributed by atoms with Crippen molar-refractivity contribution >= 4 is 17.7 Å². The van der Waals surface area contributed by atoms with E-state index in [0.29, 0.717) is 16.5 Å². The summed E-state index contributed by atoms with van der Waals surface area (Å²) < 4.78 is 15.6. The molecular formula is C18H18FN5OS. The van der Waals surface area contributed by atoms with Crippen LogP contribution in [-0.2, 0) is 11.8 Å². The van der Waals surface area contributed by atoms with Crippen LogP contribution in [0.4, 0.5) is 4.39 Å². The van der Waals surface area contributed by atoms with Gasteiger partial charge in [0.05, 0.1) is 23.1 Å². The maximum atomic E-state index is 13.9. The average molecular weight is 371 g/mol. The third kappa shape index (κ3) is 4.08. The van der Waals surface area contributed by atoms with Gasteiger partial charge in [0.15, 0.2) is 11.0 Å². The number of pyridine rings is 1. The fourth-order valence-electron chi connectivity index (χ4n) is 2.44. The maximum absolute atomic E-state index is 13.9. The average Bonchev–Trinajstić information content (AvgIpc) is 3.01. The zero-order chi connectivity index (χ0) is 18.5. The highest BCUT2D eigenvalue weighted by Crippen LogP contribution is 2.24. The minimum absolute atomic E-state index is 0.136. The molecule has 1 amide bonds. The molecule has 0 aliphatic heterocycles. The lowest BCUT2D eigenvalue weighted by atomic mass is 10.2. The van der Waals surface area contributed by atoms with Gasteiger partial charge >= 0.3 is 0 Å². The standard InChI is InChI=1S/C18H18FN5OS/c1-12(15-9-5-6-10-20-15)21-16(25)11-26-18-23-22-17(24(18)2)13-7-3-4-8-14(13)19/h3-10,12H,11H2,1-2H3,(H,21,25)/t12-/m1/s1. The summed E-state index contributed by atoms with van der Waals surface area (Å²) in [5.41, 5.74) is 1.17. The summed E-state index contributed by atoms with van der Waals surface area (Å²) in [7, 11) is 1.75. The zero-order valence-corrected chi connectivity index (χ0v) is 15.2. The molecule has 26 heavy (non-hydrogen) atoms. The van der Waals surface area contributed by atoms with Crippen LogP contribution in [0.2, 0.25) is 0 Å². The number of halogens is 1. The Morgan fingerprint density at radius 2 is 2.00 bits per heavy atom. The number of nitrogens with one attached hydrogen (secondary N) is 1. The van der Waals surface area contributed by atoms with Gasteiger partial charge in [0.25, 0.3) is 0 Å². The predicted octanol–water partition coefficient (Wildman–Crippen LogP) is 2.99. The van der Waals surface area contributed by atoms with Crippen LogP contribution in [0.25, 0.3) is 11.4 Å². The number of carbonyl (C=O) groups excluding carboxylic acids is 1. The first-order chi connectivity index (χ1) is 12.6. The van der Waals surface area contributed by atoms with Crippen LogP contribution < -0.4 is 5.32 Å². The molecule has 1 aromatic carbocycles. The van der Waals surface area contributed by atoms with Gasteiger partial charge in [-0.3, -0.25) is 9.78 Å². The molecular weight excluding hydrogens is 353 g/mol. The van der Waals surface area contributed by atoms with Gasteiger partial charge in [0, 0.05) is 13.2 Å². The number of hydrogen-bond acceptors (Lipinski definition) is 5. The van der Waals surface area contributed by atoms with E-state index in [2.05, 4.69) is 20.5 Å². The van der Waals surface area contributed by atoms with Gasteiger partial charge in [0.2, 0.25) is 5.91 Å². The normalized spacial score (nSPS) is 12.0. The first-order valence-electron chi connectivity index (χ1n) is 8.03. The van der Waals surface area contributed by atoms with Crippen LogP contribution >= 0.6 is 11.8 Å². The molecule has 2 aromatic heterocycles. The molecule has 0 radical (unpaired) electrons. The summed E-state index contributed by atoms with van der Waals surface area (Å²) >= 11 is 1.25. The number of hydrogen-bond donors (Lipinski definition) is 1. The lowest BCUT2D eigenvalue weighted by Gasteiger charge is -2.12. The summed E-state index contributed by atoms with van der Waals surface area (Å²) in [4.78, 5) is 16.4. The summed E-state index contributed by atoms with van der Waals surface area (Å²) in [5.74, 6) is 0.110. The second kappa shape index (κ2) is 8.09. The van der Waals surface area contributed by atoms with Crippen molar-refractivity contribution in [2.45, 2.75) is 18.1 Å². The Hall–Kier alpha value is -2.74. The van der Waals surface area contributed by atoms with Crippen molar-refractivity contribution in [1.82, 2.24) is 25.1 Å². The van der Waals surface area contributed by atoms with E-state index in [9.17, 15) is 9.18 Å². The van der Waals surface area contributed by atoms with Gasteiger partial charge in [-0.25, -0.2) is 4.39 Å². The summed E-state index contributed by atoms with van der Waals surface area (Å²) in [6.07, 6.45) is 1.69. The van der Waals surface area contributed by atoms with Gasteiger partial charge < -0.3 is 9.88 Å². The smallest absolute Gasteiger partial charge is 0.231 e. The molecule has 134 valence electrons. The molecule has 3 aromatic rings. The Morgan fingerprint density at radius 1 is 1.23 bits per heavy atom. The minimum Gasteiger partial charge on any atom is -0.347 e. The zero-order valence-electron chi connectivity index (χ0n) is 14.4. The Bertz CT molecular complexity index is 900. The summed E-state index contributed by atoms with van der Waals surface area (Å²) in [6.45, 7) is 1.88. The quantitative estimate of drug-likeness (QED) is 0.675. The van der Waals surface area contributed by atoms with Crippen LogP contribution in [0.1, 0.15) is 18.7 Å². The van der Waals surface area contributed by atoms with E-state index in [4.69, 9.17) is 0 Å². The van der Waals surface area contributed by atoms with Crippen LogP contribution in [0.5, 0.6) is 0 Å². The van der Waals surface area contributed by atoms with Gasteiger partial charge in [-0.05, 0) is 31.2 Å². The molecule has 0 aliphatic rings. The number of rotatable bonds is 6. The van der Waals surface area contributed by atoms with Crippen molar-refractivity contribution in [3.8, 4) is 11.4 Å². The number of nitrogens with zero attached hydrogens (tertiary/aromatic N) is 4. The van der Waals surface area contributed by atoms with Crippen molar-refractivity contribution in [2.24, 2.45) is 7.05 Å². The maximum Gasteiger partial charge on any atom is 0.231 e. The monoisotopic (exact) mass is 371 g/mol. The minimum atomic E-state index is -0.360. The molecule has 2 heterocycles. The SMILES string of the molecule is C[C@@H](NC(=O)CSc1nnc(-c2ccccc2F)n1C)c1ccccn1. The first kappa shape index (κ1) is 18.1. The second-order valence-electron chi connectivity index (χ2n) is 5.68. The van der Waals surface area contributed by atoms with E-state index in [1.54, 1.807) is 36.0 Å². The van der Waals surface area contributed by atoms with E-state index in [1.165, 1.54) is 17.8 Å². The van der Waals surface area contributed by atoms with Gasteiger partial charge in [-0.15, -0.1) is 10.2 Å². The Labute approximate surface area is 154 Å². The molecule has 1 atom stereocenters. The highest BCUT2D eigenvalue weighted by atomic mass is 32.2. The topological polar surface area (TPSA) is 72.7 Å². The molecule has 1 N–H and O–H groups in total. The number of thioether (sulfide) groups is 1. The van der Waals surface area contributed by atoms with E-state index >= 15 is 0 Å². The van der Waals surface area contributed by atoms with Crippen LogP contribution in [0.3, 0.4) is 0 Å². The predicted molar refractivity (Wildman–Crippen MR) is 97.9 cm³/mol. The second-order valence-corrected chi connectivity index (χ2v) is 6.62. The lowest BCUT2D eigenvalue weighted by Crippen LogP contribution is -2.28. The molecule has 0 unspecified atom stereocenters. The third-order valence-corrected chi connectivity index (χ3v) is 4.81. The van der Waals surface area contributed by atoms with Crippen molar-refractivity contribution in [1.29, 1.82) is 0 Å². The highest BCUT2D eigenvalue weighted by molar-refractivity contribution is 7.99. The van der Waals surface area contributed by atoms with Crippen molar-refractivity contribution in [2.75, 3.05) is 5.75 Å². The Balaban J connectivity index is 1.62. The number of aromatic nitrogens is 4. The number of amides is 1. The van der Waals surface area contributed by atoms with Crippen molar-refractivity contribution in [3.63, 3.8) is 0 Å². The molecule has 0 saturated heterocycles. The van der Waals surface area contributed by atoms with Crippen LogP contribution in [0, 0.1) is 5.82 Å². The number of carbonyl (C=O) groups is 1. The molecule has 6 nitrogen and oxygen atoms in total. The molecule has 0 fully saturated rings. The summed E-state index contributed by atoms with van der Waals surface area (Å²) in [6, 6.07) is 11.8. The van der Waals surface area contributed by atoms with Crippen LogP contribution in [0.15, 0.2) is 53.8 Å². The van der Waals surface area contributed by atoms with E-state index in [1.807, 2.05) is 25.1 Å². The Kier molecular flexibility index (Phi) is 5.62. The fraction of sp³-hybridized carbons (Fsp3) is 0.222. The third-order valence-electron chi connectivity index (χ3n) is 3.79. The molecule has 0 saturated carbocycles. The molecule has 3 rings (SSSR count). The van der Waals surface area contributed by atoms with Crippen molar-refractivity contribution < 1.29 is 9.18 Å². The largest absolute Gasteiger partial charge is 0.347 e. The van der Waals surface area contributed by atoms with E-state index in [0.717, 1.165) is 5.69 Å².